The summed E-state index contributed by atoms with van der Waals surface area (Å²) in [7, 11) is 0. The largest absolute Gasteiger partial charge is 0.288 e. The highest BCUT2D eigenvalue weighted by atomic mass is 32.2. The fourth-order valence-corrected chi connectivity index (χ4v) is 9.24. The number of carbonyl (C=O) groups is 4. The van der Waals surface area contributed by atoms with E-state index in [4.69, 9.17) is 0 Å². The van der Waals surface area contributed by atoms with Crippen molar-refractivity contribution in [3.8, 4) is 0 Å². The van der Waals surface area contributed by atoms with Crippen molar-refractivity contribution < 1.29 is 19.2 Å². The lowest BCUT2D eigenvalue weighted by molar-refractivity contribution is -0.120. The molecule has 0 aromatic heterocycles. The molecule has 0 atom stereocenters. The minimum absolute atomic E-state index is 0.265. The number of rotatable bonds is 11. The van der Waals surface area contributed by atoms with E-state index in [0.29, 0.717) is 0 Å². The van der Waals surface area contributed by atoms with E-state index < -0.39 is 31.3 Å². The Labute approximate surface area is 206 Å². The smallest absolute Gasteiger partial charge is 0.232 e. The van der Waals surface area contributed by atoms with Crippen LogP contribution in [0.15, 0.2) is 48.5 Å². The molecule has 0 aliphatic carbocycles. The van der Waals surface area contributed by atoms with Gasteiger partial charge in [0, 0.05) is 11.1 Å². The van der Waals surface area contributed by atoms with Gasteiger partial charge in [-0.15, -0.1) is 47.0 Å². The Kier molecular flexibility index (Phi) is 9.28. The highest BCUT2D eigenvalue weighted by Gasteiger charge is 2.63. The maximum absolute atomic E-state index is 13.7. The molecule has 0 unspecified atom stereocenters. The lowest BCUT2D eigenvalue weighted by atomic mass is 9.97. The average molecular weight is 507 g/mol. The summed E-state index contributed by atoms with van der Waals surface area (Å²) >= 11 is 4.52. The first-order chi connectivity index (χ1) is 15.1. The lowest BCUT2D eigenvalue weighted by Crippen LogP contribution is -2.58. The van der Waals surface area contributed by atoms with Gasteiger partial charge in [0.15, 0.2) is 8.16 Å². The van der Waals surface area contributed by atoms with Crippen molar-refractivity contribution in [2.45, 2.75) is 22.0 Å². The summed E-state index contributed by atoms with van der Waals surface area (Å²) in [4.78, 5) is 53.8. The van der Waals surface area contributed by atoms with Crippen molar-refractivity contribution in [1.82, 2.24) is 0 Å². The van der Waals surface area contributed by atoms with Gasteiger partial charge >= 0.3 is 0 Å². The van der Waals surface area contributed by atoms with Crippen LogP contribution < -0.4 is 0 Å². The van der Waals surface area contributed by atoms with Crippen LogP contribution in [0.25, 0.3) is 0 Å². The van der Waals surface area contributed by atoms with Crippen molar-refractivity contribution in [3.63, 3.8) is 0 Å². The highest BCUT2D eigenvalue weighted by molar-refractivity contribution is 8.26. The molecule has 0 saturated carbocycles. The zero-order valence-corrected chi connectivity index (χ0v) is 22.2. The Morgan fingerprint density at radius 2 is 0.781 bits per heavy atom. The molecule has 0 amide bonds. The number of aryl methyl sites for hydroxylation is 2. The molecule has 4 nitrogen and oxygen atoms in total. The van der Waals surface area contributed by atoms with Gasteiger partial charge in [-0.3, -0.25) is 19.2 Å². The predicted octanol–water partition coefficient (Wildman–Crippen LogP) is 5.35. The number of benzene rings is 2. The van der Waals surface area contributed by atoms with Gasteiger partial charge in [-0.25, -0.2) is 0 Å². The van der Waals surface area contributed by atoms with Crippen molar-refractivity contribution >= 4 is 70.2 Å². The van der Waals surface area contributed by atoms with Crippen molar-refractivity contribution in [1.29, 1.82) is 0 Å². The van der Waals surface area contributed by atoms with Gasteiger partial charge in [-0.05, 0) is 38.9 Å². The van der Waals surface area contributed by atoms with Crippen LogP contribution in [0.1, 0.15) is 31.8 Å². The fourth-order valence-electron chi connectivity index (χ4n) is 3.34. The molecule has 170 valence electrons. The number of ketones is 4. The molecule has 0 fully saturated rings. The van der Waals surface area contributed by atoms with Crippen LogP contribution in [-0.4, -0.2) is 56.3 Å². The molecule has 0 saturated heterocycles. The maximum Gasteiger partial charge on any atom is 0.232 e. The third-order valence-corrected chi connectivity index (χ3v) is 12.0. The minimum atomic E-state index is -1.49. The molecule has 0 aliphatic heterocycles. The molecule has 8 heteroatoms. The Morgan fingerprint density at radius 3 is 1.00 bits per heavy atom. The summed E-state index contributed by atoms with van der Waals surface area (Å²) in [6.07, 6.45) is 6.78. The molecular formula is C24H26O4S4. The molecule has 0 N–H and O–H groups in total. The highest BCUT2D eigenvalue weighted by Crippen LogP contribution is 2.56. The SMILES string of the molecule is CSC(SC)(C(=O)C(=O)c1ccc(C)cc1)C(SC)(SC)C(=O)C(=O)c1ccc(C)cc1. The molecule has 32 heavy (non-hydrogen) atoms. The summed E-state index contributed by atoms with van der Waals surface area (Å²) < 4.78 is -2.99. The van der Waals surface area contributed by atoms with Crippen LogP contribution in [-0.2, 0) is 9.59 Å². The zero-order chi connectivity index (χ0) is 24.1. The first-order valence-corrected chi connectivity index (χ1v) is 14.6. The van der Waals surface area contributed by atoms with Crippen LogP contribution in [0.5, 0.6) is 0 Å². The Hall–Kier alpha value is -1.48. The number of carbonyl (C=O) groups excluding carboxylic acids is 4. The van der Waals surface area contributed by atoms with Gasteiger partial charge < -0.3 is 0 Å². The fraction of sp³-hybridized carbons (Fsp3) is 0.333. The normalized spacial score (nSPS) is 11.8. The molecular weight excluding hydrogens is 481 g/mol. The van der Waals surface area contributed by atoms with Gasteiger partial charge in [0.1, 0.15) is 0 Å². The molecule has 0 aliphatic rings. The first kappa shape index (κ1) is 26.8. The standard InChI is InChI=1S/C24H26O4S4/c1-15-7-11-17(12-8-15)19(25)21(27)23(29-3,30-4)24(31-5,32-6)22(28)20(26)18-13-9-16(2)10-14-18/h7-14H,1-6H3. The topological polar surface area (TPSA) is 68.3 Å². The van der Waals surface area contributed by atoms with E-state index >= 15 is 0 Å². The summed E-state index contributed by atoms with van der Waals surface area (Å²) in [5.41, 5.74) is 2.47. The molecule has 0 radical (unpaired) electrons. The summed E-state index contributed by atoms with van der Waals surface area (Å²) in [6.45, 7) is 3.79. The van der Waals surface area contributed by atoms with Gasteiger partial charge in [0.25, 0.3) is 0 Å². The number of thioether (sulfide) groups is 4. The van der Waals surface area contributed by atoms with Crippen LogP contribution in [0.3, 0.4) is 0 Å². The van der Waals surface area contributed by atoms with E-state index in [1.807, 2.05) is 13.8 Å². The molecule has 0 heterocycles. The minimum Gasteiger partial charge on any atom is -0.288 e. The molecule has 0 spiro atoms. The Morgan fingerprint density at radius 1 is 0.531 bits per heavy atom. The van der Waals surface area contributed by atoms with E-state index in [9.17, 15) is 19.2 Å². The second-order valence-electron chi connectivity index (χ2n) is 7.10. The van der Waals surface area contributed by atoms with E-state index in [1.54, 1.807) is 73.6 Å². The maximum atomic E-state index is 13.7. The van der Waals surface area contributed by atoms with Gasteiger partial charge in [-0.1, -0.05) is 59.7 Å². The lowest BCUT2D eigenvalue weighted by Gasteiger charge is -2.43. The van der Waals surface area contributed by atoms with Gasteiger partial charge in [-0.2, -0.15) is 0 Å². The zero-order valence-electron chi connectivity index (χ0n) is 18.9. The quantitative estimate of drug-likeness (QED) is 0.229. The van der Waals surface area contributed by atoms with E-state index in [1.165, 1.54) is 0 Å². The Bertz CT molecular complexity index is 922. The second kappa shape index (κ2) is 11.1. The van der Waals surface area contributed by atoms with Crippen LogP contribution in [0, 0.1) is 13.8 Å². The van der Waals surface area contributed by atoms with Crippen LogP contribution in [0.4, 0.5) is 0 Å². The van der Waals surface area contributed by atoms with Crippen molar-refractivity contribution in [2.24, 2.45) is 0 Å². The third kappa shape index (κ3) is 4.74. The monoisotopic (exact) mass is 506 g/mol. The number of hydrogen-bond donors (Lipinski definition) is 0. The van der Waals surface area contributed by atoms with Gasteiger partial charge in [0.2, 0.25) is 23.1 Å². The van der Waals surface area contributed by atoms with Crippen molar-refractivity contribution in [3.05, 3.63) is 70.8 Å². The van der Waals surface area contributed by atoms with Gasteiger partial charge in [0.05, 0.1) is 0 Å². The second-order valence-corrected chi connectivity index (χ2v) is 11.7. The number of hydrogen-bond acceptors (Lipinski definition) is 8. The summed E-state index contributed by atoms with van der Waals surface area (Å²) in [5.74, 6) is -2.74. The van der Waals surface area contributed by atoms with E-state index in [-0.39, 0.29) is 11.1 Å². The predicted molar refractivity (Wildman–Crippen MR) is 141 cm³/mol. The van der Waals surface area contributed by atoms with Crippen molar-refractivity contribution in [2.75, 3.05) is 25.0 Å². The molecule has 0 bridgehead atoms. The summed E-state index contributed by atoms with van der Waals surface area (Å²) in [6, 6.07) is 13.5. The summed E-state index contributed by atoms with van der Waals surface area (Å²) in [5, 5.41) is 0. The van der Waals surface area contributed by atoms with Crippen LogP contribution >= 0.6 is 47.0 Å². The molecule has 2 rings (SSSR count). The number of Topliss-reactive ketones (excluding diaryl/α,β-unsaturated/α-hetero) is 4. The average Bonchev–Trinajstić information content (AvgIpc) is 2.82. The molecule has 2 aromatic rings. The van der Waals surface area contributed by atoms with E-state index in [2.05, 4.69) is 0 Å². The first-order valence-electron chi connectivity index (χ1n) is 9.66. The Balaban J connectivity index is 2.60. The van der Waals surface area contributed by atoms with Crippen LogP contribution in [0.2, 0.25) is 0 Å². The molecule has 2 aromatic carbocycles. The van der Waals surface area contributed by atoms with E-state index in [0.717, 1.165) is 58.2 Å². The third-order valence-electron chi connectivity index (χ3n) is 5.22.